The molecule has 96 valence electrons. The van der Waals surface area contributed by atoms with Crippen LogP contribution in [0.25, 0.3) is 0 Å². The molecular formula is C13H18N4S. The first-order valence-electron chi connectivity index (χ1n) is 6.09. The second kappa shape index (κ2) is 5.91. The molecule has 0 aliphatic carbocycles. The van der Waals surface area contributed by atoms with Crippen molar-refractivity contribution >= 4 is 11.8 Å². The van der Waals surface area contributed by atoms with E-state index >= 15 is 0 Å². The molecule has 2 rings (SSSR count). The zero-order valence-electron chi connectivity index (χ0n) is 10.8. The molecule has 18 heavy (non-hydrogen) atoms. The Morgan fingerprint density at radius 1 is 1.28 bits per heavy atom. The SMILES string of the molecule is CCCc1nnc(SCc2ccccc2C)n1N. The molecule has 0 radical (unpaired) electrons. The molecule has 2 aromatic rings. The lowest BCUT2D eigenvalue weighted by atomic mass is 10.1. The number of thioether (sulfide) groups is 1. The van der Waals surface area contributed by atoms with Gasteiger partial charge >= 0.3 is 0 Å². The van der Waals surface area contributed by atoms with Crippen molar-refractivity contribution in [3.8, 4) is 0 Å². The minimum absolute atomic E-state index is 0.779. The number of hydrogen-bond acceptors (Lipinski definition) is 4. The molecule has 0 saturated carbocycles. The molecule has 1 heterocycles. The van der Waals surface area contributed by atoms with Crippen molar-refractivity contribution in [2.24, 2.45) is 0 Å². The van der Waals surface area contributed by atoms with Crippen LogP contribution in [0, 0.1) is 6.92 Å². The third-order valence-electron chi connectivity index (χ3n) is 2.83. The lowest BCUT2D eigenvalue weighted by Gasteiger charge is -2.05. The summed E-state index contributed by atoms with van der Waals surface area (Å²) in [6, 6.07) is 8.35. The van der Waals surface area contributed by atoms with Crippen LogP contribution in [-0.4, -0.2) is 14.9 Å². The molecule has 1 aromatic heterocycles. The monoisotopic (exact) mass is 262 g/mol. The van der Waals surface area contributed by atoms with E-state index in [2.05, 4.69) is 42.2 Å². The first kappa shape index (κ1) is 13.0. The lowest BCUT2D eigenvalue weighted by molar-refractivity contribution is 0.757. The van der Waals surface area contributed by atoms with Gasteiger partial charge in [0.15, 0.2) is 5.82 Å². The van der Waals surface area contributed by atoms with Gasteiger partial charge in [0.2, 0.25) is 5.16 Å². The van der Waals surface area contributed by atoms with Gasteiger partial charge in [-0.05, 0) is 24.5 Å². The van der Waals surface area contributed by atoms with E-state index < -0.39 is 0 Å². The molecule has 0 aliphatic rings. The smallest absolute Gasteiger partial charge is 0.210 e. The molecule has 0 saturated heterocycles. The summed E-state index contributed by atoms with van der Waals surface area (Å²) < 4.78 is 1.60. The van der Waals surface area contributed by atoms with Crippen molar-refractivity contribution in [2.75, 3.05) is 5.84 Å². The van der Waals surface area contributed by atoms with Crippen molar-refractivity contribution in [1.82, 2.24) is 14.9 Å². The summed E-state index contributed by atoms with van der Waals surface area (Å²) in [5, 5.41) is 9.02. The second-order valence-electron chi connectivity index (χ2n) is 4.23. The van der Waals surface area contributed by atoms with Crippen LogP contribution < -0.4 is 5.84 Å². The summed E-state index contributed by atoms with van der Waals surface area (Å²) in [6.07, 6.45) is 1.90. The van der Waals surface area contributed by atoms with Gasteiger partial charge in [-0.3, -0.25) is 0 Å². The molecule has 0 fully saturated rings. The van der Waals surface area contributed by atoms with Gasteiger partial charge in [0.25, 0.3) is 0 Å². The van der Waals surface area contributed by atoms with E-state index in [4.69, 9.17) is 5.84 Å². The fraction of sp³-hybridized carbons (Fsp3) is 0.385. The molecule has 0 spiro atoms. The average Bonchev–Trinajstić information content (AvgIpc) is 2.71. The lowest BCUT2D eigenvalue weighted by Crippen LogP contribution is -2.13. The Labute approximate surface area is 112 Å². The maximum absolute atomic E-state index is 5.96. The summed E-state index contributed by atoms with van der Waals surface area (Å²) >= 11 is 1.63. The van der Waals surface area contributed by atoms with Crippen LogP contribution in [0.2, 0.25) is 0 Å². The van der Waals surface area contributed by atoms with Gasteiger partial charge in [-0.25, -0.2) is 4.68 Å². The Morgan fingerprint density at radius 2 is 2.06 bits per heavy atom. The van der Waals surface area contributed by atoms with Gasteiger partial charge < -0.3 is 5.84 Å². The molecule has 5 heteroatoms. The van der Waals surface area contributed by atoms with Gasteiger partial charge in [-0.2, -0.15) is 0 Å². The van der Waals surface area contributed by atoms with E-state index in [1.54, 1.807) is 16.4 Å². The highest BCUT2D eigenvalue weighted by Gasteiger charge is 2.09. The standard InChI is InChI=1S/C13H18N4S/c1-3-6-12-15-16-13(17(12)14)18-9-11-8-5-4-7-10(11)2/h4-5,7-8H,3,6,9,14H2,1-2H3. The Morgan fingerprint density at radius 3 is 2.78 bits per heavy atom. The number of nitrogen functional groups attached to an aromatic ring is 1. The minimum atomic E-state index is 0.779. The topological polar surface area (TPSA) is 56.7 Å². The number of aryl methyl sites for hydroxylation is 2. The fourth-order valence-corrected chi connectivity index (χ4v) is 2.67. The zero-order chi connectivity index (χ0) is 13.0. The number of nitrogens with two attached hydrogens (primary N) is 1. The third kappa shape index (κ3) is 2.85. The summed E-state index contributed by atoms with van der Waals surface area (Å²) in [7, 11) is 0. The normalized spacial score (nSPS) is 10.8. The summed E-state index contributed by atoms with van der Waals surface area (Å²) in [4.78, 5) is 0. The van der Waals surface area contributed by atoms with Crippen LogP contribution in [-0.2, 0) is 12.2 Å². The number of hydrogen-bond donors (Lipinski definition) is 1. The van der Waals surface area contributed by atoms with Crippen molar-refractivity contribution in [3.63, 3.8) is 0 Å². The van der Waals surface area contributed by atoms with E-state index in [-0.39, 0.29) is 0 Å². The van der Waals surface area contributed by atoms with Crippen LogP contribution in [0.5, 0.6) is 0 Å². The predicted octanol–water partition coefficient (Wildman–Crippen LogP) is 2.55. The highest BCUT2D eigenvalue weighted by molar-refractivity contribution is 7.98. The van der Waals surface area contributed by atoms with Crippen LogP contribution in [0.3, 0.4) is 0 Å². The average molecular weight is 262 g/mol. The highest BCUT2D eigenvalue weighted by atomic mass is 32.2. The minimum Gasteiger partial charge on any atom is -0.336 e. The van der Waals surface area contributed by atoms with Crippen molar-refractivity contribution in [2.45, 2.75) is 37.6 Å². The van der Waals surface area contributed by atoms with Crippen molar-refractivity contribution in [1.29, 1.82) is 0 Å². The summed E-state index contributed by atoms with van der Waals surface area (Å²) in [6.45, 7) is 4.22. The Bertz CT molecular complexity index is 521. The van der Waals surface area contributed by atoms with Crippen LogP contribution in [0.15, 0.2) is 29.4 Å². The van der Waals surface area contributed by atoms with E-state index in [1.807, 2.05) is 6.07 Å². The molecule has 0 amide bonds. The van der Waals surface area contributed by atoms with Crippen molar-refractivity contribution in [3.05, 3.63) is 41.2 Å². The van der Waals surface area contributed by atoms with E-state index in [9.17, 15) is 0 Å². The Kier molecular flexibility index (Phi) is 4.25. The molecule has 0 atom stereocenters. The maximum Gasteiger partial charge on any atom is 0.210 e. The highest BCUT2D eigenvalue weighted by Crippen LogP contribution is 2.22. The first-order chi connectivity index (χ1) is 8.72. The molecule has 0 aliphatic heterocycles. The van der Waals surface area contributed by atoms with E-state index in [0.717, 1.165) is 29.6 Å². The molecule has 4 nitrogen and oxygen atoms in total. The van der Waals surface area contributed by atoms with E-state index in [0.29, 0.717) is 0 Å². The first-order valence-corrected chi connectivity index (χ1v) is 7.07. The summed E-state index contributed by atoms with van der Waals surface area (Å²) in [5.74, 6) is 7.68. The van der Waals surface area contributed by atoms with Crippen molar-refractivity contribution < 1.29 is 0 Å². The van der Waals surface area contributed by atoms with Gasteiger partial charge in [0.1, 0.15) is 0 Å². The van der Waals surface area contributed by atoms with Crippen LogP contribution >= 0.6 is 11.8 Å². The van der Waals surface area contributed by atoms with Gasteiger partial charge in [0.05, 0.1) is 0 Å². The number of rotatable bonds is 5. The van der Waals surface area contributed by atoms with Gasteiger partial charge in [0, 0.05) is 12.2 Å². The largest absolute Gasteiger partial charge is 0.336 e. The van der Waals surface area contributed by atoms with E-state index in [1.165, 1.54) is 11.1 Å². The molecule has 1 aromatic carbocycles. The van der Waals surface area contributed by atoms with Crippen LogP contribution in [0.1, 0.15) is 30.3 Å². The second-order valence-corrected chi connectivity index (χ2v) is 5.18. The fourth-order valence-electron chi connectivity index (χ4n) is 1.71. The number of nitrogens with zero attached hydrogens (tertiary/aromatic N) is 3. The molecule has 0 unspecified atom stereocenters. The van der Waals surface area contributed by atoms with Gasteiger partial charge in [-0.1, -0.05) is 43.0 Å². The quantitative estimate of drug-likeness (QED) is 0.664. The Hall–Kier alpha value is -1.49. The molecule has 2 N–H and O–H groups in total. The predicted molar refractivity (Wildman–Crippen MR) is 74.9 cm³/mol. The van der Waals surface area contributed by atoms with Gasteiger partial charge in [-0.15, -0.1) is 10.2 Å². The third-order valence-corrected chi connectivity index (χ3v) is 3.82. The zero-order valence-corrected chi connectivity index (χ0v) is 11.6. The number of aromatic nitrogens is 3. The molecule has 0 bridgehead atoms. The Balaban J connectivity index is 2.05. The molecular weight excluding hydrogens is 244 g/mol. The maximum atomic E-state index is 5.96. The summed E-state index contributed by atoms with van der Waals surface area (Å²) in [5.41, 5.74) is 2.60. The van der Waals surface area contributed by atoms with Crippen LogP contribution in [0.4, 0.5) is 0 Å². The number of benzene rings is 1.